The third kappa shape index (κ3) is 4.94. The van der Waals surface area contributed by atoms with Crippen LogP contribution >= 0.6 is 0 Å². The topological polar surface area (TPSA) is 18.5 Å². The lowest BCUT2D eigenvalue weighted by molar-refractivity contribution is 0.215. The molecule has 0 aliphatic carbocycles. The van der Waals surface area contributed by atoms with Gasteiger partial charge in [-0.1, -0.05) is 0 Å². The lowest BCUT2D eigenvalue weighted by Gasteiger charge is -2.28. The second kappa shape index (κ2) is 6.38. The molecule has 84 valence electrons. The monoisotopic (exact) mass is 199 g/mol. The first-order valence-electron chi connectivity index (χ1n) is 5.79. The van der Waals surface area contributed by atoms with Crippen molar-refractivity contribution in [2.75, 3.05) is 46.8 Å². The maximum Gasteiger partial charge on any atom is 0.0109 e. The van der Waals surface area contributed by atoms with E-state index in [1.54, 1.807) is 0 Å². The highest BCUT2D eigenvalue weighted by atomic mass is 15.2. The van der Waals surface area contributed by atoms with Gasteiger partial charge in [0, 0.05) is 19.1 Å². The number of nitrogens with zero attached hydrogens (tertiary/aromatic N) is 2. The van der Waals surface area contributed by atoms with Crippen molar-refractivity contribution in [3.05, 3.63) is 0 Å². The number of nitrogens with one attached hydrogen (secondary N) is 1. The summed E-state index contributed by atoms with van der Waals surface area (Å²) in [5, 5.41) is 3.53. The number of hydrogen-bond donors (Lipinski definition) is 1. The molecule has 3 heteroatoms. The Bertz CT molecular complexity index is 145. The fourth-order valence-electron chi connectivity index (χ4n) is 1.81. The van der Waals surface area contributed by atoms with E-state index < -0.39 is 0 Å². The highest BCUT2D eigenvalue weighted by molar-refractivity contribution is 4.70. The van der Waals surface area contributed by atoms with Gasteiger partial charge in [-0.05, 0) is 53.5 Å². The minimum Gasteiger partial charge on any atom is -0.314 e. The molecule has 0 bridgehead atoms. The molecule has 1 unspecified atom stereocenters. The zero-order valence-corrected chi connectivity index (χ0v) is 9.92. The largest absolute Gasteiger partial charge is 0.314 e. The summed E-state index contributed by atoms with van der Waals surface area (Å²) in [6.45, 7) is 8.38. The zero-order valence-electron chi connectivity index (χ0n) is 9.92. The van der Waals surface area contributed by atoms with Crippen LogP contribution in [0.2, 0.25) is 0 Å². The van der Waals surface area contributed by atoms with Crippen molar-refractivity contribution in [1.29, 1.82) is 0 Å². The molecule has 1 aliphatic rings. The quantitative estimate of drug-likeness (QED) is 0.719. The second-order valence-corrected chi connectivity index (χ2v) is 4.64. The second-order valence-electron chi connectivity index (χ2n) is 4.64. The molecule has 0 saturated carbocycles. The van der Waals surface area contributed by atoms with Crippen molar-refractivity contribution in [3.63, 3.8) is 0 Å². The van der Waals surface area contributed by atoms with Gasteiger partial charge in [0.15, 0.2) is 0 Å². The van der Waals surface area contributed by atoms with E-state index in [-0.39, 0.29) is 0 Å². The van der Waals surface area contributed by atoms with E-state index in [1.807, 2.05) is 0 Å². The summed E-state index contributed by atoms with van der Waals surface area (Å²) in [5.74, 6) is 0. The molecule has 0 aromatic heterocycles. The molecule has 0 radical (unpaired) electrons. The van der Waals surface area contributed by atoms with Crippen molar-refractivity contribution in [1.82, 2.24) is 15.1 Å². The predicted molar refractivity (Wildman–Crippen MR) is 61.7 cm³/mol. The van der Waals surface area contributed by atoms with Gasteiger partial charge in [-0.25, -0.2) is 0 Å². The summed E-state index contributed by atoms with van der Waals surface area (Å²) in [5.41, 5.74) is 0. The Morgan fingerprint density at radius 2 is 2.14 bits per heavy atom. The van der Waals surface area contributed by atoms with Gasteiger partial charge in [0.05, 0.1) is 0 Å². The third-order valence-corrected chi connectivity index (χ3v) is 2.89. The predicted octanol–water partition coefficient (Wildman–Crippen LogP) is 0.622. The molecule has 0 aromatic carbocycles. The summed E-state index contributed by atoms with van der Waals surface area (Å²) < 4.78 is 0. The van der Waals surface area contributed by atoms with E-state index >= 15 is 0 Å². The summed E-state index contributed by atoms with van der Waals surface area (Å²) >= 11 is 0. The summed E-state index contributed by atoms with van der Waals surface area (Å²) in [7, 11) is 4.29. The van der Waals surface area contributed by atoms with Gasteiger partial charge < -0.3 is 15.1 Å². The Hall–Kier alpha value is -0.120. The average Bonchev–Trinajstić information content (AvgIpc) is 2.11. The molecule has 0 spiro atoms. The van der Waals surface area contributed by atoms with Crippen LogP contribution in [-0.2, 0) is 0 Å². The molecule has 1 aliphatic heterocycles. The van der Waals surface area contributed by atoms with Crippen LogP contribution in [0.15, 0.2) is 0 Å². The number of likely N-dealkylation sites (N-methyl/N-ethyl adjacent to an activating group) is 1. The van der Waals surface area contributed by atoms with Crippen molar-refractivity contribution >= 4 is 0 Å². The summed E-state index contributed by atoms with van der Waals surface area (Å²) in [6.07, 6.45) is 2.57. The molecular formula is C11H25N3. The van der Waals surface area contributed by atoms with E-state index in [1.165, 1.54) is 45.6 Å². The first kappa shape index (κ1) is 12.0. The van der Waals surface area contributed by atoms with Gasteiger partial charge in [-0.2, -0.15) is 0 Å². The number of rotatable bonds is 3. The summed E-state index contributed by atoms with van der Waals surface area (Å²) in [6, 6.07) is 0.692. The number of hydrogen-bond acceptors (Lipinski definition) is 3. The molecule has 0 aromatic rings. The Morgan fingerprint density at radius 1 is 1.36 bits per heavy atom. The molecular weight excluding hydrogens is 174 g/mol. The van der Waals surface area contributed by atoms with E-state index in [0.717, 1.165) is 0 Å². The third-order valence-electron chi connectivity index (χ3n) is 2.89. The van der Waals surface area contributed by atoms with Crippen molar-refractivity contribution in [2.24, 2.45) is 0 Å². The Kier molecular flexibility index (Phi) is 5.45. The first-order valence-corrected chi connectivity index (χ1v) is 5.79. The van der Waals surface area contributed by atoms with Crippen LogP contribution in [0.25, 0.3) is 0 Å². The molecule has 1 saturated heterocycles. The van der Waals surface area contributed by atoms with Gasteiger partial charge in [-0.3, -0.25) is 0 Å². The van der Waals surface area contributed by atoms with Crippen LogP contribution in [0.4, 0.5) is 0 Å². The molecule has 3 nitrogen and oxygen atoms in total. The maximum atomic E-state index is 3.53. The Balaban J connectivity index is 2.21. The van der Waals surface area contributed by atoms with Crippen LogP contribution in [-0.4, -0.2) is 62.7 Å². The zero-order chi connectivity index (χ0) is 10.4. The minimum atomic E-state index is 0.692. The molecule has 1 fully saturated rings. The Labute approximate surface area is 88.5 Å². The van der Waals surface area contributed by atoms with E-state index in [2.05, 4.69) is 36.1 Å². The minimum absolute atomic E-state index is 0.692. The van der Waals surface area contributed by atoms with Gasteiger partial charge in [-0.15, -0.1) is 0 Å². The van der Waals surface area contributed by atoms with Gasteiger partial charge in [0.1, 0.15) is 0 Å². The van der Waals surface area contributed by atoms with Crippen LogP contribution in [0, 0.1) is 0 Å². The SMILES string of the molecule is CC1CCN(CCN(C)C)CCCN1. The van der Waals surface area contributed by atoms with Crippen LogP contribution in [0.1, 0.15) is 19.8 Å². The molecule has 1 rings (SSSR count). The lowest BCUT2D eigenvalue weighted by Crippen LogP contribution is -2.40. The fraction of sp³-hybridized carbons (Fsp3) is 1.00. The molecule has 1 heterocycles. The standard InChI is InChI=1S/C11H25N3/c1-11-5-8-14(7-4-6-12-11)10-9-13(2)3/h11-12H,4-10H2,1-3H3. The highest BCUT2D eigenvalue weighted by Gasteiger charge is 2.11. The van der Waals surface area contributed by atoms with Crippen LogP contribution in [0.3, 0.4) is 0 Å². The first-order chi connectivity index (χ1) is 6.68. The normalized spacial score (nSPS) is 26.1. The molecule has 0 amide bonds. The van der Waals surface area contributed by atoms with E-state index in [0.29, 0.717) is 6.04 Å². The summed E-state index contributed by atoms with van der Waals surface area (Å²) in [4.78, 5) is 4.86. The van der Waals surface area contributed by atoms with Gasteiger partial charge >= 0.3 is 0 Å². The van der Waals surface area contributed by atoms with E-state index in [9.17, 15) is 0 Å². The smallest absolute Gasteiger partial charge is 0.0109 e. The van der Waals surface area contributed by atoms with Crippen LogP contribution < -0.4 is 5.32 Å². The van der Waals surface area contributed by atoms with Crippen LogP contribution in [0.5, 0.6) is 0 Å². The van der Waals surface area contributed by atoms with Crippen molar-refractivity contribution in [3.8, 4) is 0 Å². The van der Waals surface area contributed by atoms with Crippen molar-refractivity contribution < 1.29 is 0 Å². The van der Waals surface area contributed by atoms with E-state index in [4.69, 9.17) is 0 Å². The molecule has 1 N–H and O–H groups in total. The molecule has 1 atom stereocenters. The fourth-order valence-corrected chi connectivity index (χ4v) is 1.81. The lowest BCUT2D eigenvalue weighted by atomic mass is 10.2. The highest BCUT2D eigenvalue weighted by Crippen LogP contribution is 2.01. The average molecular weight is 199 g/mol. The van der Waals surface area contributed by atoms with Gasteiger partial charge in [0.25, 0.3) is 0 Å². The molecule has 14 heavy (non-hydrogen) atoms. The van der Waals surface area contributed by atoms with Gasteiger partial charge in [0.2, 0.25) is 0 Å². The van der Waals surface area contributed by atoms with Crippen molar-refractivity contribution in [2.45, 2.75) is 25.8 Å². The Morgan fingerprint density at radius 3 is 2.86 bits per heavy atom. The maximum absolute atomic E-state index is 3.53.